The third-order valence-corrected chi connectivity index (χ3v) is 7.29. The van der Waals surface area contributed by atoms with Gasteiger partial charge in [-0.15, -0.1) is 0 Å². The third kappa shape index (κ3) is 4.95. The van der Waals surface area contributed by atoms with Crippen LogP contribution in [0.5, 0.6) is 0 Å². The van der Waals surface area contributed by atoms with Gasteiger partial charge in [0.2, 0.25) is 0 Å². The van der Waals surface area contributed by atoms with E-state index in [9.17, 15) is 0 Å². The standard InChI is InChI=1S/C29H36N2/c1-2-3-22-4-6-23(7-5-22)8-9-24-18-20-29(21-19-24,25-10-14-27(30)15-11-25)26-12-16-28(31)17-13-26/h4-7,10-17,24H,2-3,8-9,18-21,30-31H2,1H3. The van der Waals surface area contributed by atoms with Crippen LogP contribution in [0.2, 0.25) is 0 Å². The summed E-state index contributed by atoms with van der Waals surface area (Å²) in [6, 6.07) is 26.4. The molecule has 31 heavy (non-hydrogen) atoms. The summed E-state index contributed by atoms with van der Waals surface area (Å²) >= 11 is 0. The summed E-state index contributed by atoms with van der Waals surface area (Å²) in [7, 11) is 0. The van der Waals surface area contributed by atoms with Gasteiger partial charge in [-0.3, -0.25) is 0 Å². The van der Waals surface area contributed by atoms with Crippen LogP contribution in [0.25, 0.3) is 0 Å². The largest absolute Gasteiger partial charge is 0.399 e. The molecule has 1 fully saturated rings. The maximum Gasteiger partial charge on any atom is 0.0314 e. The highest BCUT2D eigenvalue weighted by Crippen LogP contribution is 2.47. The van der Waals surface area contributed by atoms with Crippen LogP contribution in [-0.2, 0) is 18.3 Å². The highest BCUT2D eigenvalue weighted by molar-refractivity contribution is 5.49. The molecule has 0 saturated heterocycles. The lowest BCUT2D eigenvalue weighted by Crippen LogP contribution is -2.33. The molecule has 2 heteroatoms. The van der Waals surface area contributed by atoms with Crippen LogP contribution in [0, 0.1) is 5.92 Å². The number of hydrogen-bond donors (Lipinski definition) is 2. The zero-order valence-electron chi connectivity index (χ0n) is 18.8. The van der Waals surface area contributed by atoms with Crippen molar-refractivity contribution in [2.45, 2.75) is 63.7 Å². The van der Waals surface area contributed by atoms with Crippen LogP contribution in [0.3, 0.4) is 0 Å². The first-order chi connectivity index (χ1) is 15.1. The van der Waals surface area contributed by atoms with E-state index in [1.807, 2.05) is 24.3 Å². The Bertz CT molecular complexity index is 900. The van der Waals surface area contributed by atoms with Gasteiger partial charge >= 0.3 is 0 Å². The van der Waals surface area contributed by atoms with Crippen LogP contribution in [0.15, 0.2) is 72.8 Å². The Balaban J connectivity index is 1.45. The number of nitrogens with two attached hydrogens (primary N) is 2. The molecular formula is C29H36N2. The summed E-state index contributed by atoms with van der Waals surface area (Å²) in [5, 5.41) is 0. The van der Waals surface area contributed by atoms with E-state index in [2.05, 4.69) is 55.5 Å². The summed E-state index contributed by atoms with van der Waals surface area (Å²) in [6.45, 7) is 2.24. The molecule has 2 nitrogen and oxygen atoms in total. The normalized spacial score (nSPS) is 16.3. The maximum atomic E-state index is 5.98. The van der Waals surface area contributed by atoms with Crippen molar-refractivity contribution in [2.24, 2.45) is 5.92 Å². The van der Waals surface area contributed by atoms with Crippen LogP contribution >= 0.6 is 0 Å². The monoisotopic (exact) mass is 412 g/mol. The SMILES string of the molecule is CCCc1ccc(CCC2CCC(c3ccc(N)cc3)(c3ccc(N)cc3)CC2)cc1. The molecule has 3 aromatic carbocycles. The van der Waals surface area contributed by atoms with Gasteiger partial charge in [0.25, 0.3) is 0 Å². The lowest BCUT2D eigenvalue weighted by atomic mass is 9.62. The fourth-order valence-electron chi connectivity index (χ4n) is 5.34. The molecule has 162 valence electrons. The Morgan fingerprint density at radius 2 is 1.13 bits per heavy atom. The molecule has 0 unspecified atom stereocenters. The Morgan fingerprint density at radius 1 is 0.677 bits per heavy atom. The van der Waals surface area contributed by atoms with Crippen LogP contribution in [0.4, 0.5) is 11.4 Å². The van der Waals surface area contributed by atoms with Crippen LogP contribution in [-0.4, -0.2) is 0 Å². The van der Waals surface area contributed by atoms with Gasteiger partial charge < -0.3 is 11.5 Å². The van der Waals surface area contributed by atoms with Gasteiger partial charge in [-0.2, -0.15) is 0 Å². The molecule has 3 aromatic rings. The average molecular weight is 413 g/mol. The fraction of sp³-hybridized carbons (Fsp3) is 0.379. The van der Waals surface area contributed by atoms with Crippen molar-refractivity contribution in [3.8, 4) is 0 Å². The van der Waals surface area contributed by atoms with E-state index in [-0.39, 0.29) is 5.41 Å². The summed E-state index contributed by atoms with van der Waals surface area (Å²) in [6.07, 6.45) is 9.76. The molecule has 1 saturated carbocycles. The van der Waals surface area contributed by atoms with Gasteiger partial charge in [0.15, 0.2) is 0 Å². The number of benzene rings is 3. The average Bonchev–Trinajstić information content (AvgIpc) is 2.80. The van der Waals surface area contributed by atoms with E-state index in [0.717, 1.165) is 17.3 Å². The smallest absolute Gasteiger partial charge is 0.0314 e. The highest BCUT2D eigenvalue weighted by atomic mass is 14.5. The second kappa shape index (κ2) is 9.60. The first kappa shape index (κ1) is 21.5. The molecule has 1 aliphatic rings. The van der Waals surface area contributed by atoms with E-state index in [4.69, 9.17) is 11.5 Å². The minimum absolute atomic E-state index is 0.0691. The van der Waals surface area contributed by atoms with Crippen molar-refractivity contribution in [1.29, 1.82) is 0 Å². The third-order valence-electron chi connectivity index (χ3n) is 7.29. The van der Waals surface area contributed by atoms with E-state index in [1.54, 1.807) is 0 Å². The number of nitrogen functional groups attached to an aromatic ring is 2. The predicted octanol–water partition coefficient (Wildman–Crippen LogP) is 6.91. The summed E-state index contributed by atoms with van der Waals surface area (Å²) in [5.41, 5.74) is 19.4. The highest BCUT2D eigenvalue weighted by Gasteiger charge is 2.38. The maximum absolute atomic E-state index is 5.98. The molecule has 0 radical (unpaired) electrons. The van der Waals surface area contributed by atoms with Gasteiger partial charge in [-0.1, -0.05) is 61.9 Å². The van der Waals surface area contributed by atoms with Crippen molar-refractivity contribution in [2.75, 3.05) is 11.5 Å². The van der Waals surface area contributed by atoms with E-state index >= 15 is 0 Å². The van der Waals surface area contributed by atoms with Gasteiger partial charge in [0.1, 0.15) is 0 Å². The van der Waals surface area contributed by atoms with Gasteiger partial charge in [0.05, 0.1) is 0 Å². The van der Waals surface area contributed by atoms with Gasteiger partial charge in [-0.05, 0) is 97.4 Å². The molecule has 0 heterocycles. The van der Waals surface area contributed by atoms with Crippen molar-refractivity contribution >= 4 is 11.4 Å². The molecule has 0 spiro atoms. The predicted molar refractivity (Wildman–Crippen MR) is 133 cm³/mol. The van der Waals surface area contributed by atoms with Crippen LogP contribution in [0.1, 0.15) is 67.7 Å². The molecular weight excluding hydrogens is 376 g/mol. The molecule has 4 rings (SSSR count). The van der Waals surface area contributed by atoms with Crippen molar-refractivity contribution < 1.29 is 0 Å². The minimum atomic E-state index is 0.0691. The van der Waals surface area contributed by atoms with Crippen molar-refractivity contribution in [3.63, 3.8) is 0 Å². The lowest BCUT2D eigenvalue weighted by molar-refractivity contribution is 0.255. The molecule has 1 aliphatic carbocycles. The molecule has 4 N–H and O–H groups in total. The van der Waals surface area contributed by atoms with Gasteiger partial charge in [0, 0.05) is 16.8 Å². The Morgan fingerprint density at radius 3 is 1.58 bits per heavy atom. The molecule has 0 atom stereocenters. The number of anilines is 2. The Labute approximate surface area is 187 Å². The minimum Gasteiger partial charge on any atom is -0.399 e. The topological polar surface area (TPSA) is 52.0 Å². The van der Waals surface area contributed by atoms with E-state index < -0.39 is 0 Å². The summed E-state index contributed by atoms with van der Waals surface area (Å²) in [4.78, 5) is 0. The zero-order valence-corrected chi connectivity index (χ0v) is 18.8. The molecule has 0 amide bonds. The quantitative estimate of drug-likeness (QED) is 0.414. The lowest BCUT2D eigenvalue weighted by Gasteiger charge is -2.41. The van der Waals surface area contributed by atoms with E-state index in [1.165, 1.54) is 73.6 Å². The second-order valence-corrected chi connectivity index (χ2v) is 9.37. The summed E-state index contributed by atoms with van der Waals surface area (Å²) in [5.74, 6) is 0.797. The fourth-order valence-corrected chi connectivity index (χ4v) is 5.34. The number of rotatable bonds is 7. The second-order valence-electron chi connectivity index (χ2n) is 9.37. The molecule has 0 bridgehead atoms. The number of hydrogen-bond acceptors (Lipinski definition) is 2. The van der Waals surface area contributed by atoms with Crippen LogP contribution < -0.4 is 11.5 Å². The Hall–Kier alpha value is -2.74. The zero-order chi connectivity index (χ0) is 21.7. The Kier molecular flexibility index (Phi) is 6.65. The molecule has 0 aliphatic heterocycles. The summed E-state index contributed by atoms with van der Waals surface area (Å²) < 4.78 is 0. The number of aryl methyl sites for hydroxylation is 2. The first-order valence-corrected chi connectivity index (χ1v) is 11.9. The first-order valence-electron chi connectivity index (χ1n) is 11.9. The van der Waals surface area contributed by atoms with E-state index in [0.29, 0.717) is 0 Å². The molecule has 0 aromatic heterocycles. The van der Waals surface area contributed by atoms with Crippen molar-refractivity contribution in [3.05, 3.63) is 95.1 Å². The van der Waals surface area contributed by atoms with Crippen molar-refractivity contribution in [1.82, 2.24) is 0 Å². The van der Waals surface area contributed by atoms with Gasteiger partial charge in [-0.25, -0.2) is 0 Å².